The minimum atomic E-state index is -1.13. The molecule has 1 unspecified atom stereocenters. The van der Waals surface area contributed by atoms with E-state index in [1.165, 1.54) is 6.07 Å². The molecule has 1 aliphatic rings. The molecule has 1 heterocycles. The van der Waals surface area contributed by atoms with Crippen LogP contribution < -0.4 is 10.3 Å². The van der Waals surface area contributed by atoms with Gasteiger partial charge in [0, 0.05) is 5.69 Å². The Labute approximate surface area is 133 Å². The standard InChI is InChI=1S/C13H11N5O6/c1-6-4-7(14)2-3-8(6)11-9(16(19)20)5-10(17(21)22)12-13(11)18(23)24-15-12/h2-5,11,15H,14H2,1H3. The first-order valence-corrected chi connectivity index (χ1v) is 6.69. The van der Waals surface area contributed by atoms with Gasteiger partial charge >= 0.3 is 5.70 Å². The molecule has 0 saturated heterocycles. The maximum Gasteiger partial charge on any atom is 0.329 e. The van der Waals surface area contributed by atoms with Crippen molar-refractivity contribution >= 4 is 17.1 Å². The highest BCUT2D eigenvalue weighted by atomic mass is 16.8. The molecule has 1 atom stereocenters. The number of nitro groups is 1. The Morgan fingerprint density at radius 2 is 2.04 bits per heavy atom. The highest BCUT2D eigenvalue weighted by molar-refractivity contribution is 6.05. The maximum atomic E-state index is 12.0. The normalized spacial score (nSPS) is 16.5. The fourth-order valence-corrected chi connectivity index (χ4v) is 2.78. The second-order valence-electron chi connectivity index (χ2n) is 5.23. The Hall–Kier alpha value is -3.63. The Morgan fingerprint density at radius 1 is 1.33 bits per heavy atom. The Bertz CT molecular complexity index is 965. The zero-order valence-electron chi connectivity index (χ0n) is 12.3. The predicted octanol–water partition coefficient (Wildman–Crippen LogP) is 0.625. The Balaban J connectivity index is 2.36. The number of rotatable bonds is 2. The summed E-state index contributed by atoms with van der Waals surface area (Å²) < 4.78 is 4.58. The van der Waals surface area contributed by atoms with Crippen molar-refractivity contribution in [1.29, 1.82) is 0 Å². The molecule has 11 nitrogen and oxygen atoms in total. The summed E-state index contributed by atoms with van der Waals surface area (Å²) in [4.78, 5) is 21.6. The maximum absolute atomic E-state index is 12.0. The fourth-order valence-electron chi connectivity index (χ4n) is 2.78. The molecule has 0 saturated carbocycles. The van der Waals surface area contributed by atoms with Gasteiger partial charge in [0.15, 0.2) is 4.60 Å². The summed E-state index contributed by atoms with van der Waals surface area (Å²) in [5.41, 5.74) is 5.60. The minimum Gasteiger partial charge on any atom is -0.612 e. The highest BCUT2D eigenvalue weighted by Crippen LogP contribution is 2.36. The van der Waals surface area contributed by atoms with Gasteiger partial charge < -0.3 is 16.1 Å². The molecule has 124 valence electrons. The van der Waals surface area contributed by atoms with Crippen molar-refractivity contribution in [2.75, 3.05) is 5.73 Å². The minimum absolute atomic E-state index is 0.00972. The zero-order valence-corrected chi connectivity index (χ0v) is 12.3. The molecule has 24 heavy (non-hydrogen) atoms. The van der Waals surface area contributed by atoms with Gasteiger partial charge in [-0.2, -0.15) is 4.90 Å². The van der Waals surface area contributed by atoms with Crippen molar-refractivity contribution in [1.82, 2.24) is 5.16 Å². The van der Waals surface area contributed by atoms with Crippen molar-refractivity contribution in [3.05, 3.63) is 72.2 Å². The molecule has 1 aromatic carbocycles. The topological polar surface area (TPSA) is 170 Å². The van der Waals surface area contributed by atoms with Crippen molar-refractivity contribution < 1.29 is 19.1 Å². The lowest BCUT2D eigenvalue weighted by Crippen LogP contribution is -2.32. The second-order valence-corrected chi connectivity index (χ2v) is 5.23. The lowest BCUT2D eigenvalue weighted by Gasteiger charge is -2.19. The van der Waals surface area contributed by atoms with Gasteiger partial charge in [-0.15, -0.1) is 0 Å². The van der Waals surface area contributed by atoms with Crippen LogP contribution in [0.5, 0.6) is 0 Å². The number of nitrogens with two attached hydrogens (primary N) is 1. The number of fused-ring (bicyclic) bond motifs is 1. The molecule has 1 aromatic heterocycles. The summed E-state index contributed by atoms with van der Waals surface area (Å²) in [5, 5.41) is 36.2. The number of nitrogen functional groups attached to an aromatic ring is 1. The van der Waals surface area contributed by atoms with Crippen LogP contribution in [0.2, 0.25) is 0 Å². The molecule has 11 heteroatoms. The number of hydrogen-bond donors (Lipinski definition) is 2. The number of aryl methyl sites for hydroxylation is 1. The van der Waals surface area contributed by atoms with Gasteiger partial charge in [0.1, 0.15) is 5.92 Å². The molecular weight excluding hydrogens is 322 g/mol. The van der Waals surface area contributed by atoms with E-state index < -0.39 is 27.2 Å². The van der Waals surface area contributed by atoms with Gasteiger partial charge in [-0.25, -0.2) is 0 Å². The molecule has 0 radical (unpaired) electrons. The molecule has 0 amide bonds. The molecule has 3 N–H and O–H groups in total. The molecule has 3 rings (SSSR count). The van der Waals surface area contributed by atoms with Crippen LogP contribution in [0.1, 0.15) is 28.4 Å². The third-order valence-corrected chi connectivity index (χ3v) is 3.81. The van der Waals surface area contributed by atoms with Crippen LogP contribution in [0.25, 0.3) is 5.70 Å². The number of allylic oxidation sites excluding steroid dienone is 1. The van der Waals surface area contributed by atoms with E-state index in [1.54, 1.807) is 19.1 Å². The monoisotopic (exact) mass is 333 g/mol. The fraction of sp³-hybridized carbons (Fsp3) is 0.154. The van der Waals surface area contributed by atoms with Crippen LogP contribution in [0.4, 0.5) is 5.69 Å². The van der Waals surface area contributed by atoms with E-state index in [-0.39, 0.29) is 16.0 Å². The first-order valence-electron chi connectivity index (χ1n) is 6.69. The number of aromatic nitrogens is 2. The first kappa shape index (κ1) is 15.3. The summed E-state index contributed by atoms with van der Waals surface area (Å²) in [6, 6.07) is 4.67. The molecular formula is C13H11N5O6. The van der Waals surface area contributed by atoms with Gasteiger partial charge in [0.2, 0.25) is 5.71 Å². The number of H-pyrrole nitrogens is 1. The van der Waals surface area contributed by atoms with E-state index >= 15 is 0 Å². The van der Waals surface area contributed by atoms with E-state index in [9.17, 15) is 25.4 Å². The largest absolute Gasteiger partial charge is 0.612 e. The SMILES string of the molecule is Cc1cc(N)ccc1C1C(=[N+]([O-])[O-])C=C([N+](=O)[O-])c2[nH]o[n+](=O)c21. The lowest BCUT2D eigenvalue weighted by atomic mass is 9.83. The smallest absolute Gasteiger partial charge is 0.329 e. The predicted molar refractivity (Wildman–Crippen MR) is 80.8 cm³/mol. The number of aromatic amines is 1. The van der Waals surface area contributed by atoms with Gasteiger partial charge in [-0.05, 0) is 35.1 Å². The number of benzene rings is 1. The Kier molecular flexibility index (Phi) is 3.32. The van der Waals surface area contributed by atoms with Crippen molar-refractivity contribution in [3.63, 3.8) is 0 Å². The first-order chi connectivity index (χ1) is 11.3. The number of hydrogen-bond acceptors (Lipinski definition) is 7. The third kappa shape index (κ3) is 2.18. The van der Waals surface area contributed by atoms with E-state index in [1.807, 2.05) is 0 Å². The van der Waals surface area contributed by atoms with Crippen LogP contribution in [-0.2, 0) is 0 Å². The highest BCUT2D eigenvalue weighted by Gasteiger charge is 2.47. The van der Waals surface area contributed by atoms with Crippen molar-refractivity contribution in [2.24, 2.45) is 0 Å². The molecule has 1 aliphatic carbocycles. The van der Waals surface area contributed by atoms with Crippen LogP contribution in [0.15, 0.2) is 28.9 Å². The van der Waals surface area contributed by atoms with Gasteiger partial charge in [0.05, 0.1) is 11.0 Å². The summed E-state index contributed by atoms with van der Waals surface area (Å²) in [5.74, 6) is -1.13. The van der Waals surface area contributed by atoms with E-state index in [0.29, 0.717) is 16.8 Å². The quantitative estimate of drug-likeness (QED) is 0.351. The Morgan fingerprint density at radius 3 is 2.62 bits per heavy atom. The average molecular weight is 333 g/mol. The number of nitrogens with zero attached hydrogens (tertiary/aromatic N) is 3. The lowest BCUT2D eigenvalue weighted by molar-refractivity contribution is -0.719. The third-order valence-electron chi connectivity index (χ3n) is 3.81. The summed E-state index contributed by atoms with van der Waals surface area (Å²) >= 11 is 0. The van der Waals surface area contributed by atoms with Crippen molar-refractivity contribution in [3.8, 4) is 0 Å². The summed E-state index contributed by atoms with van der Waals surface area (Å²) in [6.45, 7) is 1.68. The second kappa shape index (κ2) is 5.22. The molecule has 2 aromatic rings. The van der Waals surface area contributed by atoms with Crippen LogP contribution in [-0.4, -0.2) is 20.7 Å². The van der Waals surface area contributed by atoms with E-state index in [4.69, 9.17) is 5.73 Å². The molecule has 0 bridgehead atoms. The van der Waals surface area contributed by atoms with Gasteiger partial charge in [-0.3, -0.25) is 10.1 Å². The summed E-state index contributed by atoms with van der Waals surface area (Å²) in [6.07, 6.45) is 0.828. The molecule has 0 spiro atoms. The van der Waals surface area contributed by atoms with Crippen LogP contribution in [0.3, 0.4) is 0 Å². The van der Waals surface area contributed by atoms with Gasteiger partial charge in [-0.1, -0.05) is 15.9 Å². The summed E-state index contributed by atoms with van der Waals surface area (Å²) in [7, 11) is 0. The van der Waals surface area contributed by atoms with Crippen LogP contribution in [0, 0.1) is 32.4 Å². The van der Waals surface area contributed by atoms with Crippen LogP contribution >= 0.6 is 0 Å². The average Bonchev–Trinajstić information content (AvgIpc) is 2.88. The molecule has 0 aliphatic heterocycles. The number of anilines is 1. The van der Waals surface area contributed by atoms with Crippen molar-refractivity contribution in [2.45, 2.75) is 12.8 Å². The van der Waals surface area contributed by atoms with E-state index in [2.05, 4.69) is 9.79 Å². The van der Waals surface area contributed by atoms with E-state index in [0.717, 1.165) is 6.08 Å². The van der Waals surface area contributed by atoms with Gasteiger partial charge in [0.25, 0.3) is 11.4 Å². The molecule has 0 fully saturated rings. The number of nitrogens with one attached hydrogen (secondary N) is 1. The zero-order chi connectivity index (χ0) is 17.6.